The van der Waals surface area contributed by atoms with Crippen molar-refractivity contribution >= 4 is 20.7 Å². The molecule has 2 aromatic rings. The van der Waals surface area contributed by atoms with Crippen LogP contribution in [0.15, 0.2) is 47.4 Å². The third-order valence-electron chi connectivity index (χ3n) is 3.49. The van der Waals surface area contributed by atoms with Crippen LogP contribution in [0.4, 0.5) is 0 Å². The lowest BCUT2D eigenvalue weighted by molar-refractivity contribution is 0.675. The lowest BCUT2D eigenvalue weighted by Crippen LogP contribution is -2.14. The average Bonchev–Trinajstić information content (AvgIpc) is 2.77. The van der Waals surface area contributed by atoms with E-state index in [0.717, 1.165) is 29.2 Å². The molecule has 0 amide bonds. The molecule has 2 aromatic carbocycles. The van der Waals surface area contributed by atoms with E-state index in [4.69, 9.17) is 0 Å². The second-order valence-corrected chi connectivity index (χ2v) is 7.70. The molecular formula is C14H16OS. The van der Waals surface area contributed by atoms with Crippen LogP contribution in [-0.2, 0) is 9.93 Å². The fourth-order valence-corrected chi connectivity index (χ4v) is 5.83. The Labute approximate surface area is 96.9 Å². The molecule has 1 saturated heterocycles. The Morgan fingerprint density at radius 1 is 0.875 bits per heavy atom. The van der Waals surface area contributed by atoms with Crippen LogP contribution in [0.3, 0.4) is 0 Å². The SMILES string of the molecule is O=[SH]1(c2cccc3ccccc23)CCCC1. The molecule has 1 aliphatic heterocycles. The Balaban J connectivity index is 2.27. The maximum absolute atomic E-state index is 12.8. The molecule has 0 N–H and O–H groups in total. The fraction of sp³-hybridized carbons (Fsp3) is 0.286. The monoisotopic (exact) mass is 232 g/mol. The summed E-state index contributed by atoms with van der Waals surface area (Å²) in [5.74, 6) is 1.81. The van der Waals surface area contributed by atoms with E-state index in [1.165, 1.54) is 10.8 Å². The summed E-state index contributed by atoms with van der Waals surface area (Å²) >= 11 is 0. The van der Waals surface area contributed by atoms with E-state index in [1.807, 2.05) is 18.2 Å². The van der Waals surface area contributed by atoms with Crippen molar-refractivity contribution in [2.45, 2.75) is 17.7 Å². The lowest BCUT2D eigenvalue weighted by atomic mass is 10.1. The molecule has 0 spiro atoms. The van der Waals surface area contributed by atoms with Gasteiger partial charge in [0.25, 0.3) is 0 Å². The average molecular weight is 232 g/mol. The Morgan fingerprint density at radius 3 is 2.38 bits per heavy atom. The first-order chi connectivity index (χ1) is 7.80. The molecule has 0 aliphatic carbocycles. The van der Waals surface area contributed by atoms with Crippen molar-refractivity contribution < 1.29 is 4.21 Å². The maximum Gasteiger partial charge on any atom is 0.0225 e. The van der Waals surface area contributed by atoms with Crippen LogP contribution in [0.25, 0.3) is 10.8 Å². The van der Waals surface area contributed by atoms with Gasteiger partial charge in [-0.05, 0) is 29.7 Å². The molecule has 84 valence electrons. The Morgan fingerprint density at radius 2 is 1.56 bits per heavy atom. The van der Waals surface area contributed by atoms with Gasteiger partial charge < -0.3 is 0 Å². The minimum atomic E-state index is -2.07. The van der Waals surface area contributed by atoms with Crippen molar-refractivity contribution in [2.24, 2.45) is 0 Å². The van der Waals surface area contributed by atoms with Crippen molar-refractivity contribution in [2.75, 3.05) is 11.5 Å². The van der Waals surface area contributed by atoms with Gasteiger partial charge in [-0.25, -0.2) is 0 Å². The van der Waals surface area contributed by atoms with Gasteiger partial charge in [0.05, 0.1) is 0 Å². The third-order valence-corrected chi connectivity index (χ3v) is 6.84. The van der Waals surface area contributed by atoms with Crippen molar-refractivity contribution in [1.29, 1.82) is 0 Å². The van der Waals surface area contributed by atoms with Crippen molar-refractivity contribution in [1.82, 2.24) is 0 Å². The van der Waals surface area contributed by atoms with Gasteiger partial charge in [-0.2, -0.15) is 0 Å². The molecule has 2 heteroatoms. The standard InChI is InChI=1S/C14H16OS/c15-16(10-3-4-11-16)14-9-5-7-12-6-1-2-8-13(12)14/h1-2,5-9,16H,3-4,10-11H2. The summed E-state index contributed by atoms with van der Waals surface area (Å²) in [5.41, 5.74) is 0. The van der Waals surface area contributed by atoms with Gasteiger partial charge in [-0.1, -0.05) is 46.3 Å². The van der Waals surface area contributed by atoms with Crippen LogP contribution in [-0.4, -0.2) is 15.7 Å². The third kappa shape index (κ3) is 1.49. The Hall–Kier alpha value is -1.15. The predicted molar refractivity (Wildman–Crippen MR) is 70.7 cm³/mol. The number of benzene rings is 2. The topological polar surface area (TPSA) is 17.1 Å². The molecule has 1 heterocycles. The van der Waals surface area contributed by atoms with Crippen LogP contribution < -0.4 is 0 Å². The molecule has 0 unspecified atom stereocenters. The number of hydrogen-bond donors (Lipinski definition) is 1. The first kappa shape index (κ1) is 10.0. The van der Waals surface area contributed by atoms with Gasteiger partial charge >= 0.3 is 0 Å². The smallest absolute Gasteiger partial charge is 0.0225 e. The number of fused-ring (bicyclic) bond motifs is 1. The van der Waals surface area contributed by atoms with Crippen molar-refractivity contribution in [3.8, 4) is 0 Å². The molecule has 1 nitrogen and oxygen atoms in total. The highest BCUT2D eigenvalue weighted by atomic mass is 32.2. The van der Waals surface area contributed by atoms with Crippen LogP contribution in [0.5, 0.6) is 0 Å². The predicted octanol–water partition coefficient (Wildman–Crippen LogP) is 3.01. The van der Waals surface area contributed by atoms with Gasteiger partial charge in [-0.3, -0.25) is 4.21 Å². The summed E-state index contributed by atoms with van der Waals surface area (Å²) < 4.78 is 12.8. The van der Waals surface area contributed by atoms with Gasteiger partial charge in [0.1, 0.15) is 0 Å². The zero-order chi connectivity index (χ0) is 11.0. The summed E-state index contributed by atoms with van der Waals surface area (Å²) in [6.07, 6.45) is 2.25. The minimum Gasteiger partial charge on any atom is -0.280 e. The highest BCUT2D eigenvalue weighted by Crippen LogP contribution is 2.33. The molecule has 3 rings (SSSR count). The Bertz CT molecular complexity index is 558. The van der Waals surface area contributed by atoms with E-state index in [0.29, 0.717) is 0 Å². The number of thiol groups is 1. The lowest BCUT2D eigenvalue weighted by Gasteiger charge is -2.19. The van der Waals surface area contributed by atoms with E-state index in [2.05, 4.69) is 24.3 Å². The van der Waals surface area contributed by atoms with E-state index in [9.17, 15) is 4.21 Å². The van der Waals surface area contributed by atoms with Crippen LogP contribution in [0.1, 0.15) is 12.8 Å². The van der Waals surface area contributed by atoms with Crippen molar-refractivity contribution in [3.05, 3.63) is 42.5 Å². The summed E-state index contributed by atoms with van der Waals surface area (Å²) in [4.78, 5) is 1.11. The number of rotatable bonds is 1. The molecule has 0 bridgehead atoms. The molecular weight excluding hydrogens is 216 g/mol. The highest BCUT2D eigenvalue weighted by Gasteiger charge is 2.24. The molecule has 0 aromatic heterocycles. The molecule has 0 radical (unpaired) electrons. The highest BCUT2D eigenvalue weighted by molar-refractivity contribution is 8.03. The van der Waals surface area contributed by atoms with Gasteiger partial charge in [0.2, 0.25) is 0 Å². The summed E-state index contributed by atoms with van der Waals surface area (Å²) in [6, 6.07) is 14.5. The second kappa shape index (κ2) is 3.70. The van der Waals surface area contributed by atoms with Crippen LogP contribution >= 0.6 is 0 Å². The summed E-state index contributed by atoms with van der Waals surface area (Å²) in [5, 5.41) is 2.40. The van der Waals surface area contributed by atoms with Crippen LogP contribution in [0.2, 0.25) is 0 Å². The molecule has 0 saturated carbocycles. The Kier molecular flexibility index (Phi) is 2.32. The minimum absolute atomic E-state index is 0.904. The van der Waals surface area contributed by atoms with E-state index in [1.54, 1.807) is 0 Å². The van der Waals surface area contributed by atoms with Crippen molar-refractivity contribution in [3.63, 3.8) is 0 Å². The maximum atomic E-state index is 12.8. The second-order valence-electron chi connectivity index (χ2n) is 4.54. The molecule has 16 heavy (non-hydrogen) atoms. The molecule has 1 aliphatic rings. The molecule has 1 fully saturated rings. The first-order valence-electron chi connectivity index (χ1n) is 5.86. The summed E-state index contributed by atoms with van der Waals surface area (Å²) in [6.45, 7) is 0. The normalized spacial score (nSPS) is 21.0. The van der Waals surface area contributed by atoms with E-state index >= 15 is 0 Å². The largest absolute Gasteiger partial charge is 0.280 e. The zero-order valence-electron chi connectivity index (χ0n) is 9.23. The van der Waals surface area contributed by atoms with Gasteiger partial charge in [0.15, 0.2) is 0 Å². The zero-order valence-corrected chi connectivity index (χ0v) is 10.1. The van der Waals surface area contributed by atoms with E-state index < -0.39 is 9.93 Å². The molecule has 0 atom stereocenters. The van der Waals surface area contributed by atoms with E-state index in [-0.39, 0.29) is 0 Å². The number of hydrogen-bond acceptors (Lipinski definition) is 1. The first-order valence-corrected chi connectivity index (χ1v) is 7.94. The van der Waals surface area contributed by atoms with Gasteiger partial charge in [-0.15, -0.1) is 0 Å². The fourth-order valence-electron chi connectivity index (χ4n) is 2.65. The van der Waals surface area contributed by atoms with Crippen LogP contribution in [0, 0.1) is 0 Å². The summed E-state index contributed by atoms with van der Waals surface area (Å²) in [7, 11) is -2.07. The quantitative estimate of drug-likeness (QED) is 0.748. The van der Waals surface area contributed by atoms with Gasteiger partial charge in [0, 0.05) is 16.4 Å².